The third-order valence-electron chi connectivity index (χ3n) is 4.19. The highest BCUT2D eigenvalue weighted by Gasteiger charge is 2.18. The van der Waals surface area contributed by atoms with Crippen LogP contribution >= 0.6 is 11.3 Å². The van der Waals surface area contributed by atoms with Crippen molar-refractivity contribution in [1.29, 1.82) is 0 Å². The molecular formula is C22H22N2O3S. The number of thiophene rings is 1. The Balaban J connectivity index is 1.72. The molecule has 0 aliphatic rings. The van der Waals surface area contributed by atoms with Crippen molar-refractivity contribution < 1.29 is 14.3 Å². The fourth-order valence-corrected chi connectivity index (χ4v) is 3.41. The zero-order valence-electron chi connectivity index (χ0n) is 15.8. The van der Waals surface area contributed by atoms with Gasteiger partial charge in [-0.3, -0.25) is 9.59 Å². The van der Waals surface area contributed by atoms with Gasteiger partial charge < -0.3 is 15.0 Å². The fourth-order valence-electron chi connectivity index (χ4n) is 2.78. The predicted molar refractivity (Wildman–Crippen MR) is 112 cm³/mol. The molecule has 28 heavy (non-hydrogen) atoms. The zero-order chi connectivity index (χ0) is 19.9. The van der Waals surface area contributed by atoms with Crippen LogP contribution in [0.1, 0.15) is 33.2 Å². The standard InChI is InChI=1S/C22H22N2O3S/c1-3-27-18-10-8-16(9-11-18)14-24(2)22(26)19-6-4-5-7-20(19)23-21(25)17-12-13-28-15-17/h4-13,15H,3,14H2,1-2H3,(H,23,25). The number of benzene rings is 2. The molecule has 2 aromatic carbocycles. The van der Waals surface area contributed by atoms with E-state index in [1.807, 2.05) is 36.6 Å². The van der Waals surface area contributed by atoms with E-state index in [1.54, 1.807) is 47.7 Å². The first kappa shape index (κ1) is 19.6. The number of nitrogens with one attached hydrogen (secondary N) is 1. The van der Waals surface area contributed by atoms with E-state index in [-0.39, 0.29) is 11.8 Å². The Morgan fingerprint density at radius 3 is 2.50 bits per heavy atom. The van der Waals surface area contributed by atoms with Gasteiger partial charge in [0.15, 0.2) is 0 Å². The summed E-state index contributed by atoms with van der Waals surface area (Å²) in [5.74, 6) is 0.424. The number of carbonyl (C=O) groups is 2. The van der Waals surface area contributed by atoms with Crippen molar-refractivity contribution in [2.45, 2.75) is 13.5 Å². The van der Waals surface area contributed by atoms with Gasteiger partial charge in [-0.25, -0.2) is 0 Å². The van der Waals surface area contributed by atoms with Gasteiger partial charge >= 0.3 is 0 Å². The molecule has 0 spiro atoms. The largest absolute Gasteiger partial charge is 0.494 e. The molecule has 3 rings (SSSR count). The molecule has 0 saturated heterocycles. The summed E-state index contributed by atoms with van der Waals surface area (Å²) in [7, 11) is 1.75. The molecule has 0 radical (unpaired) electrons. The van der Waals surface area contributed by atoms with Crippen molar-refractivity contribution in [2.75, 3.05) is 19.0 Å². The highest BCUT2D eigenvalue weighted by Crippen LogP contribution is 2.20. The molecule has 0 aliphatic heterocycles. The smallest absolute Gasteiger partial charge is 0.256 e. The highest BCUT2D eigenvalue weighted by atomic mass is 32.1. The van der Waals surface area contributed by atoms with Crippen LogP contribution in [0.5, 0.6) is 5.75 Å². The fraction of sp³-hybridized carbons (Fsp3) is 0.182. The lowest BCUT2D eigenvalue weighted by Crippen LogP contribution is -2.27. The van der Waals surface area contributed by atoms with E-state index in [4.69, 9.17) is 4.74 Å². The van der Waals surface area contributed by atoms with E-state index in [9.17, 15) is 9.59 Å². The number of rotatable bonds is 7. The van der Waals surface area contributed by atoms with Gasteiger partial charge in [0, 0.05) is 19.0 Å². The lowest BCUT2D eigenvalue weighted by Gasteiger charge is -2.19. The molecule has 144 valence electrons. The molecular weight excluding hydrogens is 372 g/mol. The highest BCUT2D eigenvalue weighted by molar-refractivity contribution is 7.08. The summed E-state index contributed by atoms with van der Waals surface area (Å²) >= 11 is 1.45. The van der Waals surface area contributed by atoms with Crippen LogP contribution in [0.4, 0.5) is 5.69 Å². The van der Waals surface area contributed by atoms with Crippen molar-refractivity contribution >= 4 is 28.8 Å². The van der Waals surface area contributed by atoms with E-state index in [1.165, 1.54) is 11.3 Å². The number of hydrogen-bond acceptors (Lipinski definition) is 4. The van der Waals surface area contributed by atoms with Gasteiger partial charge in [0.2, 0.25) is 0 Å². The maximum atomic E-state index is 13.0. The lowest BCUT2D eigenvalue weighted by atomic mass is 10.1. The number of amides is 2. The lowest BCUT2D eigenvalue weighted by molar-refractivity contribution is 0.0786. The van der Waals surface area contributed by atoms with E-state index in [2.05, 4.69) is 5.32 Å². The maximum Gasteiger partial charge on any atom is 0.256 e. The van der Waals surface area contributed by atoms with E-state index in [0.717, 1.165) is 11.3 Å². The molecule has 6 heteroatoms. The van der Waals surface area contributed by atoms with Crippen molar-refractivity contribution in [3.63, 3.8) is 0 Å². The van der Waals surface area contributed by atoms with Gasteiger partial charge in [-0.1, -0.05) is 24.3 Å². The van der Waals surface area contributed by atoms with E-state index in [0.29, 0.717) is 30.0 Å². The Morgan fingerprint density at radius 2 is 1.82 bits per heavy atom. The number of nitrogens with zero attached hydrogens (tertiary/aromatic N) is 1. The number of ether oxygens (including phenoxy) is 1. The summed E-state index contributed by atoms with van der Waals surface area (Å²) in [4.78, 5) is 26.9. The van der Waals surface area contributed by atoms with Gasteiger partial charge in [-0.2, -0.15) is 11.3 Å². The van der Waals surface area contributed by atoms with Crippen LogP contribution in [0.3, 0.4) is 0 Å². The Hall–Kier alpha value is -3.12. The number of para-hydroxylation sites is 1. The third-order valence-corrected chi connectivity index (χ3v) is 4.87. The third kappa shape index (κ3) is 4.78. The second kappa shape index (κ2) is 9.19. The van der Waals surface area contributed by atoms with Crippen LogP contribution in [0.25, 0.3) is 0 Å². The SMILES string of the molecule is CCOc1ccc(CN(C)C(=O)c2ccccc2NC(=O)c2ccsc2)cc1. The molecule has 1 heterocycles. The minimum Gasteiger partial charge on any atom is -0.494 e. The van der Waals surface area contributed by atoms with Crippen molar-refractivity contribution in [3.05, 3.63) is 82.0 Å². The minimum absolute atomic E-state index is 0.157. The minimum atomic E-state index is -0.226. The van der Waals surface area contributed by atoms with E-state index >= 15 is 0 Å². The molecule has 5 nitrogen and oxygen atoms in total. The Labute approximate surface area is 168 Å². The Morgan fingerprint density at radius 1 is 1.07 bits per heavy atom. The van der Waals surface area contributed by atoms with Crippen LogP contribution in [-0.4, -0.2) is 30.4 Å². The average Bonchev–Trinajstić information content (AvgIpc) is 3.24. The molecule has 2 amide bonds. The topological polar surface area (TPSA) is 58.6 Å². The monoisotopic (exact) mass is 394 g/mol. The predicted octanol–water partition coefficient (Wildman–Crippen LogP) is 4.67. The molecule has 1 N–H and O–H groups in total. The van der Waals surface area contributed by atoms with Crippen LogP contribution in [0.15, 0.2) is 65.4 Å². The van der Waals surface area contributed by atoms with Crippen LogP contribution in [-0.2, 0) is 6.54 Å². The molecule has 0 bridgehead atoms. The summed E-state index contributed by atoms with van der Waals surface area (Å²) < 4.78 is 5.45. The summed E-state index contributed by atoms with van der Waals surface area (Å²) in [6.07, 6.45) is 0. The van der Waals surface area contributed by atoms with Crippen LogP contribution in [0.2, 0.25) is 0 Å². The number of anilines is 1. The first-order chi connectivity index (χ1) is 13.6. The normalized spacial score (nSPS) is 10.4. The molecule has 0 unspecified atom stereocenters. The summed E-state index contributed by atoms with van der Waals surface area (Å²) in [6.45, 7) is 3.01. The zero-order valence-corrected chi connectivity index (χ0v) is 16.7. The number of carbonyl (C=O) groups excluding carboxylic acids is 2. The molecule has 0 atom stereocenters. The van der Waals surface area contributed by atoms with Crippen molar-refractivity contribution in [2.24, 2.45) is 0 Å². The number of hydrogen-bond donors (Lipinski definition) is 1. The summed E-state index contributed by atoms with van der Waals surface area (Å²) in [5, 5.41) is 6.46. The van der Waals surface area contributed by atoms with Crippen LogP contribution in [0, 0.1) is 0 Å². The Bertz CT molecular complexity index is 937. The van der Waals surface area contributed by atoms with Gasteiger partial charge in [0.1, 0.15) is 5.75 Å². The second-order valence-corrected chi connectivity index (χ2v) is 7.03. The summed E-state index contributed by atoms with van der Waals surface area (Å²) in [5.41, 5.74) is 2.54. The Kier molecular flexibility index (Phi) is 6.45. The van der Waals surface area contributed by atoms with Gasteiger partial charge in [-0.05, 0) is 48.2 Å². The maximum absolute atomic E-state index is 13.0. The quantitative estimate of drug-likeness (QED) is 0.633. The molecule has 1 aromatic heterocycles. The second-order valence-electron chi connectivity index (χ2n) is 6.25. The van der Waals surface area contributed by atoms with Gasteiger partial charge in [-0.15, -0.1) is 0 Å². The van der Waals surface area contributed by atoms with Crippen LogP contribution < -0.4 is 10.1 Å². The van der Waals surface area contributed by atoms with Gasteiger partial charge in [0.05, 0.1) is 23.4 Å². The van der Waals surface area contributed by atoms with Crippen molar-refractivity contribution in [1.82, 2.24) is 4.90 Å². The molecule has 0 saturated carbocycles. The van der Waals surface area contributed by atoms with Crippen molar-refractivity contribution in [3.8, 4) is 5.75 Å². The van der Waals surface area contributed by atoms with Gasteiger partial charge in [0.25, 0.3) is 11.8 Å². The summed E-state index contributed by atoms with van der Waals surface area (Å²) in [6, 6.07) is 16.5. The molecule has 0 fully saturated rings. The van der Waals surface area contributed by atoms with E-state index < -0.39 is 0 Å². The molecule has 3 aromatic rings. The average molecular weight is 394 g/mol. The first-order valence-corrected chi connectivity index (χ1v) is 9.92. The molecule has 0 aliphatic carbocycles. The first-order valence-electron chi connectivity index (χ1n) is 8.98.